The van der Waals surface area contributed by atoms with E-state index in [9.17, 15) is 0 Å². The molecular weight excluding hydrogens is 615 g/mol. The largest absolute Gasteiger partial charge is 0.256 e. The van der Waals surface area contributed by atoms with Gasteiger partial charge in [-0.25, -0.2) is 9.97 Å². The van der Waals surface area contributed by atoms with Crippen LogP contribution in [0.15, 0.2) is 164 Å². The van der Waals surface area contributed by atoms with Crippen molar-refractivity contribution < 1.29 is 0 Å². The van der Waals surface area contributed by atoms with Crippen LogP contribution in [0.3, 0.4) is 0 Å². The van der Waals surface area contributed by atoms with E-state index < -0.39 is 0 Å². The lowest BCUT2D eigenvalue weighted by atomic mass is 9.91. The smallest absolute Gasteiger partial charge is 0.161 e. The zero-order valence-electron chi connectivity index (χ0n) is 26.3. The number of pyridine rings is 1. The zero-order valence-corrected chi connectivity index (χ0v) is 27.2. The average molecular weight is 642 g/mol. The Morgan fingerprint density at radius 2 is 1.06 bits per heavy atom. The summed E-state index contributed by atoms with van der Waals surface area (Å²) in [6.45, 7) is 0. The standard InChI is InChI=1S/C45H27N3S/c1-2-11-28(12-3-1)42-44-43(39-18-6-7-21-40(39)49-44)48-45(47-42)38-25-24-33(34-16-4-5-17-35(34)38)31-14-8-13-30(27-31)32-19-9-20-37-36(32)23-22-29-15-10-26-46-41(29)37/h1-27H. The van der Waals surface area contributed by atoms with Crippen molar-refractivity contribution in [2.24, 2.45) is 0 Å². The molecular formula is C45H27N3S. The van der Waals surface area contributed by atoms with Gasteiger partial charge in [-0.1, -0.05) is 133 Å². The van der Waals surface area contributed by atoms with Gasteiger partial charge in [0, 0.05) is 38.2 Å². The molecule has 0 amide bonds. The molecule has 49 heavy (non-hydrogen) atoms. The third-order valence-electron chi connectivity index (χ3n) is 9.55. The molecule has 0 fully saturated rings. The lowest BCUT2D eigenvalue weighted by molar-refractivity contribution is 1.24. The third-order valence-corrected chi connectivity index (χ3v) is 10.7. The van der Waals surface area contributed by atoms with Gasteiger partial charge in [0.1, 0.15) is 0 Å². The maximum atomic E-state index is 5.29. The molecule has 3 nitrogen and oxygen atoms in total. The van der Waals surface area contributed by atoms with Gasteiger partial charge in [0.2, 0.25) is 0 Å². The van der Waals surface area contributed by atoms with Crippen molar-refractivity contribution in [1.82, 2.24) is 15.0 Å². The van der Waals surface area contributed by atoms with Crippen LogP contribution in [0.1, 0.15) is 0 Å². The van der Waals surface area contributed by atoms with Gasteiger partial charge in [-0.3, -0.25) is 4.98 Å². The molecule has 0 bridgehead atoms. The highest BCUT2D eigenvalue weighted by atomic mass is 32.1. The summed E-state index contributed by atoms with van der Waals surface area (Å²) in [5.74, 6) is 0.739. The highest BCUT2D eigenvalue weighted by Gasteiger charge is 2.19. The summed E-state index contributed by atoms with van der Waals surface area (Å²) in [5.41, 5.74) is 9.86. The molecule has 0 atom stereocenters. The fraction of sp³-hybridized carbons (Fsp3) is 0. The van der Waals surface area contributed by atoms with E-state index in [2.05, 4.69) is 146 Å². The lowest BCUT2D eigenvalue weighted by Gasteiger charge is -2.14. The highest BCUT2D eigenvalue weighted by molar-refractivity contribution is 7.26. The van der Waals surface area contributed by atoms with Crippen molar-refractivity contribution in [3.05, 3.63) is 164 Å². The predicted octanol–water partition coefficient (Wildman–Crippen LogP) is 12.4. The Kier molecular flexibility index (Phi) is 6.36. The molecule has 0 aliphatic heterocycles. The first kappa shape index (κ1) is 27.8. The topological polar surface area (TPSA) is 38.7 Å². The molecule has 10 aromatic rings. The Bertz CT molecular complexity index is 2890. The van der Waals surface area contributed by atoms with E-state index in [-0.39, 0.29) is 0 Å². The second-order valence-electron chi connectivity index (χ2n) is 12.4. The summed E-state index contributed by atoms with van der Waals surface area (Å²) < 4.78 is 2.34. The number of benzene rings is 7. The van der Waals surface area contributed by atoms with Crippen LogP contribution in [-0.4, -0.2) is 15.0 Å². The van der Waals surface area contributed by atoms with E-state index in [1.807, 2.05) is 18.3 Å². The monoisotopic (exact) mass is 641 g/mol. The summed E-state index contributed by atoms with van der Waals surface area (Å²) in [4.78, 5) is 15.3. The summed E-state index contributed by atoms with van der Waals surface area (Å²) in [5, 5.41) is 6.99. The summed E-state index contributed by atoms with van der Waals surface area (Å²) in [6.07, 6.45) is 1.87. The fourth-order valence-electron chi connectivity index (χ4n) is 7.26. The van der Waals surface area contributed by atoms with Crippen molar-refractivity contribution in [2.45, 2.75) is 0 Å². The van der Waals surface area contributed by atoms with Gasteiger partial charge in [0.05, 0.1) is 21.4 Å². The van der Waals surface area contributed by atoms with Gasteiger partial charge in [-0.2, -0.15) is 0 Å². The van der Waals surface area contributed by atoms with Crippen LogP contribution in [0.4, 0.5) is 0 Å². The van der Waals surface area contributed by atoms with Crippen molar-refractivity contribution in [3.63, 3.8) is 0 Å². The minimum absolute atomic E-state index is 0.739. The normalized spacial score (nSPS) is 11.7. The van der Waals surface area contributed by atoms with Crippen molar-refractivity contribution in [1.29, 1.82) is 0 Å². The minimum Gasteiger partial charge on any atom is -0.256 e. The summed E-state index contributed by atoms with van der Waals surface area (Å²) >= 11 is 1.76. The fourth-order valence-corrected chi connectivity index (χ4v) is 8.41. The second-order valence-corrected chi connectivity index (χ2v) is 13.4. The van der Waals surface area contributed by atoms with Crippen LogP contribution in [0.5, 0.6) is 0 Å². The van der Waals surface area contributed by atoms with E-state index in [0.29, 0.717) is 0 Å². The van der Waals surface area contributed by atoms with Gasteiger partial charge < -0.3 is 0 Å². The maximum Gasteiger partial charge on any atom is 0.161 e. The molecule has 3 heterocycles. The molecule has 0 aliphatic carbocycles. The van der Waals surface area contributed by atoms with Crippen LogP contribution < -0.4 is 0 Å². The number of hydrogen-bond donors (Lipinski definition) is 0. The Labute approximate surface area is 286 Å². The maximum absolute atomic E-state index is 5.29. The van der Waals surface area contributed by atoms with Crippen LogP contribution >= 0.6 is 11.3 Å². The van der Waals surface area contributed by atoms with E-state index in [4.69, 9.17) is 15.0 Å². The third kappa shape index (κ3) is 4.53. The number of hydrogen-bond acceptors (Lipinski definition) is 4. The molecule has 0 saturated carbocycles. The Morgan fingerprint density at radius 3 is 1.92 bits per heavy atom. The van der Waals surface area contributed by atoms with Crippen molar-refractivity contribution >= 4 is 64.1 Å². The molecule has 0 radical (unpaired) electrons. The van der Waals surface area contributed by atoms with E-state index >= 15 is 0 Å². The molecule has 0 unspecified atom stereocenters. The van der Waals surface area contributed by atoms with Crippen LogP contribution in [0.25, 0.3) is 97.6 Å². The minimum atomic E-state index is 0.739. The molecule has 0 spiro atoms. The second kappa shape index (κ2) is 11.2. The van der Waals surface area contributed by atoms with E-state index in [1.165, 1.54) is 48.5 Å². The van der Waals surface area contributed by atoms with Crippen LogP contribution in [0.2, 0.25) is 0 Å². The Morgan fingerprint density at radius 1 is 0.408 bits per heavy atom. The zero-order chi connectivity index (χ0) is 32.3. The molecule has 4 heteroatoms. The number of rotatable bonds is 4. The van der Waals surface area contributed by atoms with E-state index in [0.717, 1.165) is 49.2 Å². The summed E-state index contributed by atoms with van der Waals surface area (Å²) in [6, 6.07) is 56.0. The van der Waals surface area contributed by atoms with Crippen molar-refractivity contribution in [3.8, 4) is 44.9 Å². The molecule has 0 aliphatic rings. The van der Waals surface area contributed by atoms with Gasteiger partial charge in [-0.15, -0.1) is 11.3 Å². The van der Waals surface area contributed by atoms with Gasteiger partial charge in [0.15, 0.2) is 5.82 Å². The number of nitrogens with zero attached hydrogens (tertiary/aromatic N) is 3. The number of aromatic nitrogens is 3. The molecule has 7 aromatic carbocycles. The first-order valence-corrected chi connectivity index (χ1v) is 17.3. The first-order valence-electron chi connectivity index (χ1n) is 16.4. The number of thiophene rings is 1. The SMILES string of the molecule is c1ccc(-c2nc(-c3ccc(-c4cccc(-c5cccc6c5ccc5cccnc56)c4)c4ccccc34)nc3c2sc2ccccc23)cc1. The molecule has 0 saturated heterocycles. The quantitative estimate of drug-likeness (QED) is 0.180. The van der Waals surface area contributed by atoms with Crippen molar-refractivity contribution in [2.75, 3.05) is 0 Å². The Hall–Kier alpha value is -6.23. The van der Waals surface area contributed by atoms with Gasteiger partial charge in [-0.05, 0) is 62.7 Å². The molecule has 228 valence electrons. The van der Waals surface area contributed by atoms with Crippen LogP contribution in [0, 0.1) is 0 Å². The Balaban J connectivity index is 1.15. The van der Waals surface area contributed by atoms with Gasteiger partial charge >= 0.3 is 0 Å². The highest BCUT2D eigenvalue weighted by Crippen LogP contribution is 2.42. The molecule has 3 aromatic heterocycles. The number of fused-ring (bicyclic) bond motifs is 7. The van der Waals surface area contributed by atoms with Gasteiger partial charge in [0.25, 0.3) is 0 Å². The average Bonchev–Trinajstić information content (AvgIpc) is 3.56. The molecule has 10 rings (SSSR count). The van der Waals surface area contributed by atoms with Crippen LogP contribution in [-0.2, 0) is 0 Å². The summed E-state index contributed by atoms with van der Waals surface area (Å²) in [7, 11) is 0. The lowest BCUT2D eigenvalue weighted by Crippen LogP contribution is -1.95. The molecule has 0 N–H and O–H groups in total. The van der Waals surface area contributed by atoms with E-state index in [1.54, 1.807) is 11.3 Å². The first-order chi connectivity index (χ1) is 24.3. The predicted molar refractivity (Wildman–Crippen MR) is 207 cm³/mol.